The number of hydrogen-bond acceptors (Lipinski definition) is 8. The molecule has 0 bridgehead atoms. The third kappa shape index (κ3) is 4.82. The van der Waals surface area contributed by atoms with Gasteiger partial charge >= 0.3 is 0 Å². The Bertz CT molecular complexity index is 1180. The molecule has 32 heavy (non-hydrogen) atoms. The Labute approximate surface area is 191 Å². The molecule has 1 aliphatic carbocycles. The van der Waals surface area contributed by atoms with E-state index in [1.165, 1.54) is 0 Å². The van der Waals surface area contributed by atoms with E-state index in [0.29, 0.717) is 23.1 Å². The van der Waals surface area contributed by atoms with Gasteiger partial charge in [0.05, 0.1) is 27.9 Å². The number of rotatable bonds is 10. The molecule has 168 valence electrons. The lowest BCUT2D eigenvalue weighted by molar-refractivity contribution is -0.106. The quantitative estimate of drug-likeness (QED) is 0.378. The first-order valence-corrected chi connectivity index (χ1v) is 12.9. The van der Waals surface area contributed by atoms with Crippen molar-refractivity contribution in [1.29, 1.82) is 0 Å². The summed E-state index contributed by atoms with van der Waals surface area (Å²) < 4.78 is 16.9. The van der Waals surface area contributed by atoms with Crippen molar-refractivity contribution in [3.05, 3.63) is 48.0 Å². The van der Waals surface area contributed by atoms with Crippen molar-refractivity contribution >= 4 is 44.9 Å². The van der Waals surface area contributed by atoms with Crippen molar-refractivity contribution in [2.45, 2.75) is 42.4 Å². The molecule has 2 atom stereocenters. The summed E-state index contributed by atoms with van der Waals surface area (Å²) in [6.45, 7) is 2.00. The normalized spacial score (nSPS) is 16.1. The molecule has 2 heterocycles. The predicted octanol–water partition coefficient (Wildman–Crippen LogP) is 4.28. The Hall–Kier alpha value is -2.82. The van der Waals surface area contributed by atoms with Gasteiger partial charge in [0, 0.05) is 26.9 Å². The first kappa shape index (κ1) is 22.4. The molecule has 3 aromatic rings. The number of amides is 1. The van der Waals surface area contributed by atoms with Crippen LogP contribution >= 0.6 is 11.3 Å². The summed E-state index contributed by atoms with van der Waals surface area (Å²) in [5.41, 5.74) is 1.59. The van der Waals surface area contributed by atoms with Gasteiger partial charge < -0.3 is 15.7 Å². The van der Waals surface area contributed by atoms with Crippen LogP contribution in [0.3, 0.4) is 0 Å². The molecule has 1 amide bonds. The molecule has 0 spiro atoms. The van der Waals surface area contributed by atoms with E-state index < -0.39 is 9.73 Å². The standard InChI is InChI=1S/C22H25N5O3S2/c1-2-15(13-28)25-21-19(20-4-3-11-31-20)12-23-22(27-21)26-16-5-7-17(8-6-16)32(30,24-14-29)18-9-10-18/h3-8,11-12,14-15,18,28H,2,9-10,13H2,1H3,(H2,23,25,26,27)/t15-,32+/m1/s1. The predicted molar refractivity (Wildman–Crippen MR) is 128 cm³/mol. The molecule has 0 radical (unpaired) electrons. The number of aliphatic hydroxyl groups excluding tert-OH is 1. The van der Waals surface area contributed by atoms with Crippen LogP contribution in [-0.4, -0.2) is 43.6 Å². The van der Waals surface area contributed by atoms with Crippen LogP contribution in [-0.2, 0) is 14.5 Å². The number of carbonyl (C=O) groups is 1. The van der Waals surface area contributed by atoms with E-state index in [-0.39, 0.29) is 17.9 Å². The molecule has 10 heteroatoms. The number of thiophene rings is 1. The molecule has 1 fully saturated rings. The van der Waals surface area contributed by atoms with Crippen LogP contribution in [0, 0.1) is 0 Å². The molecule has 1 saturated carbocycles. The SMILES string of the molecule is CC[C@H](CO)Nc1nc(Nc2ccc([S@@](=O)(=NC=O)C3CC3)cc2)ncc1-c1cccs1. The topological polar surface area (TPSA) is 117 Å². The van der Waals surface area contributed by atoms with E-state index in [4.69, 9.17) is 0 Å². The fourth-order valence-electron chi connectivity index (χ4n) is 3.29. The summed E-state index contributed by atoms with van der Waals surface area (Å²) >= 11 is 1.59. The van der Waals surface area contributed by atoms with E-state index in [1.807, 2.05) is 24.4 Å². The highest BCUT2D eigenvalue weighted by Gasteiger charge is 2.35. The lowest BCUT2D eigenvalue weighted by Gasteiger charge is -2.18. The number of anilines is 3. The Morgan fingerprint density at radius 3 is 2.69 bits per heavy atom. The number of nitrogens with zero attached hydrogens (tertiary/aromatic N) is 3. The first-order valence-electron chi connectivity index (χ1n) is 10.4. The maximum Gasteiger partial charge on any atom is 0.241 e. The van der Waals surface area contributed by atoms with Gasteiger partial charge in [0.2, 0.25) is 12.4 Å². The van der Waals surface area contributed by atoms with Crippen molar-refractivity contribution in [3.63, 3.8) is 0 Å². The van der Waals surface area contributed by atoms with E-state index in [0.717, 1.165) is 35.4 Å². The molecule has 1 aromatic carbocycles. The van der Waals surface area contributed by atoms with Gasteiger partial charge in [0.15, 0.2) is 0 Å². The molecule has 3 N–H and O–H groups in total. The fourth-order valence-corrected chi connectivity index (χ4v) is 6.13. The van der Waals surface area contributed by atoms with Crippen molar-refractivity contribution in [2.75, 3.05) is 17.2 Å². The van der Waals surface area contributed by atoms with Gasteiger partial charge in [-0.25, -0.2) is 9.19 Å². The van der Waals surface area contributed by atoms with Crippen LogP contribution in [0.2, 0.25) is 0 Å². The maximum atomic E-state index is 13.1. The van der Waals surface area contributed by atoms with Gasteiger partial charge in [0.25, 0.3) is 0 Å². The van der Waals surface area contributed by atoms with Gasteiger partial charge in [-0.3, -0.25) is 4.79 Å². The fraction of sp³-hybridized carbons (Fsp3) is 0.318. The Morgan fingerprint density at radius 1 is 1.31 bits per heavy atom. The maximum absolute atomic E-state index is 13.1. The minimum Gasteiger partial charge on any atom is -0.394 e. The molecule has 4 rings (SSSR count). The molecular weight excluding hydrogens is 446 g/mol. The highest BCUT2D eigenvalue weighted by molar-refractivity contribution is 7.94. The van der Waals surface area contributed by atoms with Crippen LogP contribution in [0.15, 0.2) is 57.2 Å². The second-order valence-electron chi connectivity index (χ2n) is 7.49. The molecule has 0 aliphatic heterocycles. The largest absolute Gasteiger partial charge is 0.394 e. The second-order valence-corrected chi connectivity index (χ2v) is 10.9. The van der Waals surface area contributed by atoms with Gasteiger partial charge in [0.1, 0.15) is 5.82 Å². The summed E-state index contributed by atoms with van der Waals surface area (Å²) in [5.74, 6) is 1.04. The average Bonchev–Trinajstić information content (AvgIpc) is 3.54. The van der Waals surface area contributed by atoms with Crippen molar-refractivity contribution in [1.82, 2.24) is 9.97 Å². The Kier molecular flexibility index (Phi) is 6.83. The zero-order valence-electron chi connectivity index (χ0n) is 17.6. The summed E-state index contributed by atoms with van der Waals surface area (Å²) in [5, 5.41) is 18.0. The van der Waals surface area contributed by atoms with E-state index in [2.05, 4.69) is 25.0 Å². The summed E-state index contributed by atoms with van der Waals surface area (Å²) in [4.78, 5) is 21.6. The minimum atomic E-state index is -2.70. The van der Waals surface area contributed by atoms with Crippen LogP contribution in [0.4, 0.5) is 17.5 Å². The first-order chi connectivity index (χ1) is 15.6. The summed E-state index contributed by atoms with van der Waals surface area (Å²) in [6, 6.07) is 10.9. The van der Waals surface area contributed by atoms with Gasteiger partial charge in [-0.1, -0.05) is 13.0 Å². The Morgan fingerprint density at radius 2 is 2.09 bits per heavy atom. The van der Waals surface area contributed by atoms with E-state index in [9.17, 15) is 14.1 Å². The smallest absolute Gasteiger partial charge is 0.241 e. The summed E-state index contributed by atoms with van der Waals surface area (Å²) in [7, 11) is -2.70. The molecule has 8 nitrogen and oxygen atoms in total. The number of aliphatic hydroxyl groups is 1. The third-order valence-electron chi connectivity index (χ3n) is 5.25. The van der Waals surface area contributed by atoms with Crippen LogP contribution in [0.5, 0.6) is 0 Å². The van der Waals surface area contributed by atoms with Gasteiger partial charge in [-0.05, 0) is 55.0 Å². The number of nitrogens with one attached hydrogen (secondary N) is 2. The average molecular weight is 472 g/mol. The van der Waals surface area contributed by atoms with E-state index in [1.54, 1.807) is 41.8 Å². The van der Waals surface area contributed by atoms with E-state index >= 15 is 0 Å². The molecule has 1 aliphatic rings. The van der Waals surface area contributed by atoms with Crippen LogP contribution in [0.1, 0.15) is 26.2 Å². The Balaban J connectivity index is 1.59. The van der Waals surface area contributed by atoms with Crippen molar-refractivity contribution in [3.8, 4) is 10.4 Å². The summed E-state index contributed by atoms with van der Waals surface area (Å²) in [6.07, 6.45) is 4.54. The minimum absolute atomic E-state index is 0.000716. The van der Waals surface area contributed by atoms with Crippen LogP contribution < -0.4 is 10.6 Å². The molecule has 2 aromatic heterocycles. The third-order valence-corrected chi connectivity index (χ3v) is 8.88. The number of benzene rings is 1. The monoisotopic (exact) mass is 471 g/mol. The van der Waals surface area contributed by atoms with Crippen LogP contribution in [0.25, 0.3) is 10.4 Å². The van der Waals surface area contributed by atoms with Crippen molar-refractivity contribution in [2.24, 2.45) is 4.36 Å². The van der Waals surface area contributed by atoms with Gasteiger partial charge in [-0.15, -0.1) is 11.3 Å². The highest BCUT2D eigenvalue weighted by Crippen LogP contribution is 2.36. The zero-order valence-corrected chi connectivity index (χ0v) is 19.2. The van der Waals surface area contributed by atoms with Crippen molar-refractivity contribution < 1.29 is 14.1 Å². The zero-order chi connectivity index (χ0) is 22.6. The molecular formula is C22H25N5O3S2. The number of aromatic nitrogens is 2. The molecule has 0 unspecified atom stereocenters. The number of hydrogen-bond donors (Lipinski definition) is 3. The second kappa shape index (κ2) is 9.76. The lowest BCUT2D eigenvalue weighted by Crippen LogP contribution is -2.23. The highest BCUT2D eigenvalue weighted by atomic mass is 32.2. The molecule has 0 saturated heterocycles. The number of carbonyl (C=O) groups excluding carboxylic acids is 1. The lowest BCUT2D eigenvalue weighted by atomic mass is 10.2. The van der Waals surface area contributed by atoms with Gasteiger partial charge in [-0.2, -0.15) is 9.35 Å².